The Bertz CT molecular complexity index is 995. The Hall–Kier alpha value is -3.20. The van der Waals surface area contributed by atoms with Gasteiger partial charge >= 0.3 is 5.97 Å². The number of ether oxygens (including phenoxy) is 1. The SMILES string of the molecule is CC(=O)Nc1ccc(C(=O)COC(=O)C[C@H]2Sc3ccccc3NC2=O)c(F)c1. The average molecular weight is 416 g/mol. The maximum Gasteiger partial charge on any atom is 0.307 e. The zero-order valence-corrected chi connectivity index (χ0v) is 16.2. The monoisotopic (exact) mass is 416 g/mol. The predicted molar refractivity (Wildman–Crippen MR) is 105 cm³/mol. The zero-order chi connectivity index (χ0) is 21.0. The Morgan fingerprint density at radius 1 is 1.21 bits per heavy atom. The van der Waals surface area contributed by atoms with Crippen molar-refractivity contribution in [3.63, 3.8) is 0 Å². The van der Waals surface area contributed by atoms with Crippen molar-refractivity contribution < 1.29 is 28.3 Å². The van der Waals surface area contributed by atoms with Crippen LogP contribution in [0.1, 0.15) is 23.7 Å². The normalized spacial score (nSPS) is 15.1. The van der Waals surface area contributed by atoms with Gasteiger partial charge in [0, 0.05) is 17.5 Å². The number of para-hydroxylation sites is 1. The lowest BCUT2D eigenvalue weighted by Crippen LogP contribution is -2.31. The van der Waals surface area contributed by atoms with Gasteiger partial charge in [-0.25, -0.2) is 4.39 Å². The first-order valence-electron chi connectivity index (χ1n) is 8.66. The lowest BCUT2D eigenvalue weighted by atomic mass is 10.1. The number of hydrogen-bond acceptors (Lipinski definition) is 6. The molecule has 1 aliphatic rings. The number of hydrogen-bond donors (Lipinski definition) is 2. The van der Waals surface area contributed by atoms with Crippen LogP contribution in [0, 0.1) is 5.82 Å². The first-order valence-corrected chi connectivity index (χ1v) is 9.54. The number of Topliss-reactive ketones (excluding diaryl/α,β-unsaturated/α-hetero) is 1. The van der Waals surface area contributed by atoms with Gasteiger partial charge in [-0.15, -0.1) is 11.8 Å². The number of halogens is 1. The molecule has 2 aromatic carbocycles. The molecule has 2 amide bonds. The number of carbonyl (C=O) groups excluding carboxylic acids is 4. The highest BCUT2D eigenvalue weighted by atomic mass is 32.2. The second-order valence-electron chi connectivity index (χ2n) is 6.26. The van der Waals surface area contributed by atoms with Gasteiger partial charge in [0.05, 0.1) is 22.9 Å². The molecule has 0 aromatic heterocycles. The van der Waals surface area contributed by atoms with Crippen LogP contribution in [-0.2, 0) is 19.1 Å². The minimum absolute atomic E-state index is 0.212. The Labute approximate surface area is 170 Å². The Kier molecular flexibility index (Phi) is 6.28. The standard InChI is InChI=1S/C20H17FN2O5S/c1-11(24)22-12-6-7-13(14(21)8-12)16(25)10-28-19(26)9-18-20(27)23-15-4-2-3-5-17(15)29-18/h2-8,18H,9-10H2,1H3,(H,22,24)(H,23,27)/t18-/m1/s1. The van der Waals surface area contributed by atoms with Crippen LogP contribution < -0.4 is 10.6 Å². The third-order valence-electron chi connectivity index (χ3n) is 4.01. The van der Waals surface area contributed by atoms with E-state index in [9.17, 15) is 23.6 Å². The topological polar surface area (TPSA) is 102 Å². The molecule has 2 aromatic rings. The average Bonchev–Trinajstić information content (AvgIpc) is 2.66. The third-order valence-corrected chi connectivity index (χ3v) is 5.29. The Morgan fingerprint density at radius 3 is 2.69 bits per heavy atom. The molecule has 0 saturated carbocycles. The summed E-state index contributed by atoms with van der Waals surface area (Å²) in [5, 5.41) is 4.44. The fourth-order valence-electron chi connectivity index (χ4n) is 2.68. The van der Waals surface area contributed by atoms with E-state index < -0.39 is 29.4 Å². The molecular formula is C20H17FN2O5S. The van der Waals surface area contributed by atoms with E-state index >= 15 is 0 Å². The van der Waals surface area contributed by atoms with E-state index in [2.05, 4.69) is 10.6 Å². The third kappa shape index (κ3) is 5.20. The van der Waals surface area contributed by atoms with Crippen molar-refractivity contribution in [2.75, 3.05) is 17.2 Å². The lowest BCUT2D eigenvalue weighted by Gasteiger charge is -2.23. The van der Waals surface area contributed by atoms with E-state index in [0.29, 0.717) is 5.69 Å². The van der Waals surface area contributed by atoms with Crippen molar-refractivity contribution in [3.8, 4) is 0 Å². The van der Waals surface area contributed by atoms with E-state index in [1.54, 1.807) is 12.1 Å². The van der Waals surface area contributed by atoms with E-state index in [4.69, 9.17) is 4.74 Å². The number of carbonyl (C=O) groups is 4. The summed E-state index contributed by atoms with van der Waals surface area (Å²) >= 11 is 1.24. The Morgan fingerprint density at radius 2 is 1.97 bits per heavy atom. The molecule has 0 spiro atoms. The fraction of sp³-hybridized carbons (Fsp3) is 0.200. The van der Waals surface area contributed by atoms with Gasteiger partial charge < -0.3 is 15.4 Å². The highest BCUT2D eigenvalue weighted by Crippen LogP contribution is 2.36. The van der Waals surface area contributed by atoms with Crippen molar-refractivity contribution in [3.05, 3.63) is 53.8 Å². The molecule has 0 bridgehead atoms. The van der Waals surface area contributed by atoms with E-state index in [-0.39, 0.29) is 29.5 Å². The number of rotatable bonds is 6. The summed E-state index contributed by atoms with van der Waals surface area (Å²) in [5.41, 5.74) is 0.634. The molecule has 3 rings (SSSR count). The van der Waals surface area contributed by atoms with Crippen LogP contribution >= 0.6 is 11.8 Å². The molecule has 2 N–H and O–H groups in total. The van der Waals surface area contributed by atoms with Gasteiger partial charge in [0.25, 0.3) is 0 Å². The number of nitrogens with one attached hydrogen (secondary N) is 2. The maximum atomic E-state index is 14.1. The summed E-state index contributed by atoms with van der Waals surface area (Å²) < 4.78 is 19.0. The first-order chi connectivity index (χ1) is 13.8. The van der Waals surface area contributed by atoms with E-state index in [0.717, 1.165) is 11.0 Å². The molecule has 0 saturated heterocycles. The predicted octanol–water partition coefficient (Wildman–Crippen LogP) is 3.01. The fourth-order valence-corrected chi connectivity index (χ4v) is 3.78. The number of anilines is 2. The van der Waals surface area contributed by atoms with Crippen LogP contribution in [0.4, 0.5) is 15.8 Å². The number of amides is 2. The highest BCUT2D eigenvalue weighted by molar-refractivity contribution is 8.01. The molecule has 0 aliphatic carbocycles. The van der Waals surface area contributed by atoms with Crippen LogP contribution in [0.2, 0.25) is 0 Å². The summed E-state index contributed by atoms with van der Waals surface area (Å²) in [5.74, 6) is -2.99. The maximum absolute atomic E-state index is 14.1. The van der Waals surface area contributed by atoms with Crippen molar-refractivity contribution in [1.29, 1.82) is 0 Å². The molecule has 1 aliphatic heterocycles. The van der Waals surface area contributed by atoms with Crippen molar-refractivity contribution in [2.45, 2.75) is 23.5 Å². The van der Waals surface area contributed by atoms with Crippen molar-refractivity contribution in [1.82, 2.24) is 0 Å². The molecule has 0 fully saturated rings. The molecule has 1 heterocycles. The number of thioether (sulfide) groups is 1. The van der Waals surface area contributed by atoms with Crippen LogP contribution in [0.25, 0.3) is 0 Å². The second-order valence-corrected chi connectivity index (χ2v) is 7.50. The number of esters is 1. The highest BCUT2D eigenvalue weighted by Gasteiger charge is 2.29. The van der Waals surface area contributed by atoms with E-state index in [1.807, 2.05) is 12.1 Å². The Balaban J connectivity index is 1.55. The molecular weight excluding hydrogens is 399 g/mol. The van der Waals surface area contributed by atoms with Gasteiger partial charge in [-0.1, -0.05) is 12.1 Å². The molecule has 9 heteroatoms. The van der Waals surface area contributed by atoms with Crippen LogP contribution in [-0.4, -0.2) is 35.4 Å². The lowest BCUT2D eigenvalue weighted by molar-refractivity contribution is -0.143. The first kappa shape index (κ1) is 20.5. The zero-order valence-electron chi connectivity index (χ0n) is 15.4. The number of benzene rings is 2. The molecule has 0 radical (unpaired) electrons. The van der Waals surface area contributed by atoms with Crippen LogP contribution in [0.15, 0.2) is 47.4 Å². The number of ketones is 1. The summed E-state index contributed by atoms with van der Waals surface area (Å²) in [6.45, 7) is 0.630. The summed E-state index contributed by atoms with van der Waals surface area (Å²) in [4.78, 5) is 48.1. The van der Waals surface area contributed by atoms with Gasteiger partial charge in [0.1, 0.15) is 5.82 Å². The van der Waals surface area contributed by atoms with Gasteiger partial charge in [0.15, 0.2) is 6.61 Å². The molecule has 0 unspecified atom stereocenters. The van der Waals surface area contributed by atoms with Crippen molar-refractivity contribution in [2.24, 2.45) is 0 Å². The van der Waals surface area contributed by atoms with Gasteiger partial charge in [-0.2, -0.15) is 0 Å². The molecule has 29 heavy (non-hydrogen) atoms. The molecule has 150 valence electrons. The number of fused-ring (bicyclic) bond motifs is 1. The minimum atomic E-state index is -0.837. The quantitative estimate of drug-likeness (QED) is 0.555. The van der Waals surface area contributed by atoms with Gasteiger partial charge in [0.2, 0.25) is 17.6 Å². The summed E-state index contributed by atoms with van der Waals surface area (Å²) in [7, 11) is 0. The summed E-state index contributed by atoms with van der Waals surface area (Å²) in [6, 6.07) is 10.8. The van der Waals surface area contributed by atoms with Crippen LogP contribution in [0.5, 0.6) is 0 Å². The van der Waals surface area contributed by atoms with Gasteiger partial charge in [-0.05, 0) is 30.3 Å². The largest absolute Gasteiger partial charge is 0.457 e. The molecule has 1 atom stereocenters. The van der Waals surface area contributed by atoms with Gasteiger partial charge in [-0.3, -0.25) is 19.2 Å². The summed E-state index contributed by atoms with van der Waals surface area (Å²) in [6.07, 6.45) is -0.220. The minimum Gasteiger partial charge on any atom is -0.457 e. The molecule has 7 nitrogen and oxygen atoms in total. The second kappa shape index (κ2) is 8.87. The smallest absolute Gasteiger partial charge is 0.307 e. The van der Waals surface area contributed by atoms with Crippen LogP contribution in [0.3, 0.4) is 0 Å². The van der Waals surface area contributed by atoms with E-state index in [1.165, 1.54) is 30.8 Å². The van der Waals surface area contributed by atoms with Crippen molar-refractivity contribution >= 4 is 46.7 Å².